The first-order chi connectivity index (χ1) is 15.4. The Hall–Kier alpha value is -3.59. The molecule has 0 atom stereocenters. The topological polar surface area (TPSA) is 77.6 Å². The lowest BCUT2D eigenvalue weighted by molar-refractivity contribution is 0.101. The van der Waals surface area contributed by atoms with Gasteiger partial charge in [-0.3, -0.25) is 10.1 Å². The molecule has 4 aromatic rings. The van der Waals surface area contributed by atoms with Gasteiger partial charge in [-0.1, -0.05) is 0 Å². The minimum Gasteiger partial charge on any atom is -0.339 e. The summed E-state index contributed by atoms with van der Waals surface area (Å²) in [5.41, 5.74) is 3.91. The predicted molar refractivity (Wildman–Crippen MR) is 124 cm³/mol. The number of hydrogen-bond acceptors (Lipinski definition) is 5. The number of amides is 1. The van der Waals surface area contributed by atoms with Crippen LogP contribution in [0.3, 0.4) is 0 Å². The molecule has 0 spiro atoms. The van der Waals surface area contributed by atoms with Crippen molar-refractivity contribution in [3.63, 3.8) is 0 Å². The second-order valence-electron chi connectivity index (χ2n) is 7.59. The second-order valence-corrected chi connectivity index (χ2v) is 8.45. The van der Waals surface area contributed by atoms with E-state index in [1.807, 2.05) is 30.8 Å². The van der Waals surface area contributed by atoms with Crippen LogP contribution >= 0.6 is 11.3 Å². The Morgan fingerprint density at radius 1 is 1.28 bits per heavy atom. The molecule has 4 aromatic heterocycles. The highest BCUT2D eigenvalue weighted by atomic mass is 32.1. The summed E-state index contributed by atoms with van der Waals surface area (Å²) in [7, 11) is 0. The number of pyridine rings is 1. The summed E-state index contributed by atoms with van der Waals surface area (Å²) in [5, 5.41) is 5.21. The van der Waals surface area contributed by atoms with Crippen molar-refractivity contribution < 1.29 is 9.18 Å². The van der Waals surface area contributed by atoms with Crippen LogP contribution in [0.2, 0.25) is 0 Å². The highest BCUT2D eigenvalue weighted by Gasteiger charge is 2.14. The van der Waals surface area contributed by atoms with Gasteiger partial charge >= 0.3 is 0 Å². The Labute approximate surface area is 189 Å². The van der Waals surface area contributed by atoms with E-state index >= 15 is 0 Å². The van der Waals surface area contributed by atoms with Gasteiger partial charge in [0.25, 0.3) is 5.91 Å². The van der Waals surface area contributed by atoms with E-state index in [-0.39, 0.29) is 5.91 Å². The van der Waals surface area contributed by atoms with E-state index in [0.717, 1.165) is 22.6 Å². The molecule has 0 fully saturated rings. The van der Waals surface area contributed by atoms with Gasteiger partial charge in [-0.25, -0.2) is 15.0 Å². The van der Waals surface area contributed by atoms with Crippen LogP contribution in [0.1, 0.15) is 53.0 Å². The van der Waals surface area contributed by atoms with Crippen LogP contribution in [-0.4, -0.2) is 30.0 Å². The summed E-state index contributed by atoms with van der Waals surface area (Å²) < 4.78 is 17.2. The maximum absolute atomic E-state index is 13.4. The fourth-order valence-corrected chi connectivity index (χ4v) is 4.04. The number of carbonyl (C=O) groups excluding carboxylic acids is 1. The molecule has 0 unspecified atom stereocenters. The third-order valence-electron chi connectivity index (χ3n) is 5.00. The van der Waals surface area contributed by atoms with Crippen LogP contribution in [-0.2, 0) is 6.54 Å². The maximum atomic E-state index is 13.4. The number of imidazole rings is 1. The van der Waals surface area contributed by atoms with Crippen molar-refractivity contribution in [2.24, 2.45) is 0 Å². The van der Waals surface area contributed by atoms with Gasteiger partial charge in [0.15, 0.2) is 5.13 Å². The molecule has 0 saturated heterocycles. The van der Waals surface area contributed by atoms with E-state index in [1.165, 1.54) is 23.6 Å². The van der Waals surface area contributed by atoms with Crippen LogP contribution in [0, 0.1) is 12.9 Å². The van der Waals surface area contributed by atoms with E-state index in [4.69, 9.17) is 0 Å². The van der Waals surface area contributed by atoms with E-state index in [0.29, 0.717) is 23.4 Å². The first kappa shape index (κ1) is 21.6. The van der Waals surface area contributed by atoms with Crippen LogP contribution in [0.25, 0.3) is 12.2 Å². The second kappa shape index (κ2) is 9.27. The maximum Gasteiger partial charge on any atom is 0.274 e. The van der Waals surface area contributed by atoms with Gasteiger partial charge in [0.05, 0.1) is 17.7 Å². The first-order valence-electron chi connectivity index (χ1n) is 10.1. The number of nitrogens with one attached hydrogen (secondary N) is 1. The molecule has 0 aliphatic rings. The summed E-state index contributed by atoms with van der Waals surface area (Å²) in [6.45, 7) is 6.63. The summed E-state index contributed by atoms with van der Waals surface area (Å²) in [4.78, 5) is 25.2. The molecule has 0 bridgehead atoms. The van der Waals surface area contributed by atoms with E-state index in [1.54, 1.807) is 29.0 Å². The standard InChI is InChI=1S/C23H23FN6OS/c1-15(2)30-14-26-19(16(30)3)7-6-18-13-32-23(27-18)28-22(31)20-5-4-10-29(20)12-17-8-9-25-21(24)11-17/h4-11,13-15H,12H2,1-3H3,(H,27,28,31)/b7-6+. The number of aromatic nitrogens is 5. The molecule has 9 heteroatoms. The molecule has 32 heavy (non-hydrogen) atoms. The lowest BCUT2D eigenvalue weighted by Crippen LogP contribution is -2.17. The Morgan fingerprint density at radius 3 is 2.88 bits per heavy atom. The molecule has 4 rings (SSSR count). The Morgan fingerprint density at radius 2 is 2.12 bits per heavy atom. The first-order valence-corrected chi connectivity index (χ1v) is 11.0. The molecule has 7 nitrogen and oxygen atoms in total. The largest absolute Gasteiger partial charge is 0.339 e. The Kier molecular flexibility index (Phi) is 6.27. The molecule has 0 radical (unpaired) electrons. The van der Waals surface area contributed by atoms with Crippen molar-refractivity contribution in [1.29, 1.82) is 0 Å². The van der Waals surface area contributed by atoms with Crippen molar-refractivity contribution in [2.45, 2.75) is 33.4 Å². The molecule has 4 heterocycles. The summed E-state index contributed by atoms with van der Waals surface area (Å²) in [5.74, 6) is -0.823. The number of halogens is 1. The zero-order valence-electron chi connectivity index (χ0n) is 18.0. The average Bonchev–Trinajstić information content (AvgIpc) is 3.47. The van der Waals surface area contributed by atoms with Gasteiger partial charge in [0, 0.05) is 36.1 Å². The van der Waals surface area contributed by atoms with Gasteiger partial charge in [-0.05, 0) is 62.8 Å². The minimum atomic E-state index is -0.546. The van der Waals surface area contributed by atoms with Crippen molar-refractivity contribution in [2.75, 3.05) is 5.32 Å². The van der Waals surface area contributed by atoms with Crippen LogP contribution in [0.15, 0.2) is 48.4 Å². The molecule has 0 aromatic carbocycles. The van der Waals surface area contributed by atoms with Crippen molar-refractivity contribution in [1.82, 2.24) is 24.1 Å². The number of anilines is 1. The fourth-order valence-electron chi connectivity index (χ4n) is 3.36. The molecule has 0 saturated carbocycles. The predicted octanol–water partition coefficient (Wildman–Crippen LogP) is 5.04. The summed E-state index contributed by atoms with van der Waals surface area (Å²) in [6, 6.07) is 6.92. The SMILES string of the molecule is Cc1c(/C=C/c2csc(NC(=O)c3cccn3Cc3ccnc(F)c3)n2)ncn1C(C)C. The Balaban J connectivity index is 1.43. The number of hydrogen-bond donors (Lipinski definition) is 1. The van der Waals surface area contributed by atoms with E-state index in [2.05, 4.69) is 38.7 Å². The van der Waals surface area contributed by atoms with Gasteiger partial charge in [0.2, 0.25) is 5.95 Å². The lowest BCUT2D eigenvalue weighted by atomic mass is 10.2. The quantitative estimate of drug-likeness (QED) is 0.400. The van der Waals surface area contributed by atoms with Crippen LogP contribution in [0.5, 0.6) is 0 Å². The zero-order chi connectivity index (χ0) is 22.7. The average molecular weight is 451 g/mol. The van der Waals surface area contributed by atoms with Crippen LogP contribution in [0.4, 0.5) is 9.52 Å². The van der Waals surface area contributed by atoms with Gasteiger partial charge in [-0.15, -0.1) is 11.3 Å². The normalized spacial score (nSPS) is 11.5. The number of rotatable bonds is 7. The minimum absolute atomic E-state index is 0.277. The number of thiazole rings is 1. The molecular weight excluding hydrogens is 427 g/mol. The monoisotopic (exact) mass is 450 g/mol. The lowest BCUT2D eigenvalue weighted by Gasteiger charge is -2.09. The summed E-state index contributed by atoms with van der Waals surface area (Å²) in [6.07, 6.45) is 8.83. The third-order valence-corrected chi connectivity index (χ3v) is 5.77. The number of nitrogens with zero attached hydrogens (tertiary/aromatic N) is 5. The van der Waals surface area contributed by atoms with Crippen molar-refractivity contribution in [3.05, 3.63) is 82.7 Å². The molecule has 1 amide bonds. The smallest absolute Gasteiger partial charge is 0.274 e. The van der Waals surface area contributed by atoms with Crippen LogP contribution < -0.4 is 5.32 Å². The third kappa shape index (κ3) is 4.83. The van der Waals surface area contributed by atoms with E-state index in [9.17, 15) is 9.18 Å². The van der Waals surface area contributed by atoms with Gasteiger partial charge in [0.1, 0.15) is 5.69 Å². The number of carbonyl (C=O) groups is 1. The van der Waals surface area contributed by atoms with Gasteiger partial charge in [-0.2, -0.15) is 4.39 Å². The van der Waals surface area contributed by atoms with Crippen molar-refractivity contribution >= 4 is 34.5 Å². The highest BCUT2D eigenvalue weighted by molar-refractivity contribution is 7.14. The van der Waals surface area contributed by atoms with E-state index < -0.39 is 5.95 Å². The molecule has 1 N–H and O–H groups in total. The fraction of sp³-hybridized carbons (Fsp3) is 0.217. The highest BCUT2D eigenvalue weighted by Crippen LogP contribution is 2.20. The molecular formula is C23H23FN6OS. The zero-order valence-corrected chi connectivity index (χ0v) is 18.8. The van der Waals surface area contributed by atoms with Gasteiger partial charge < -0.3 is 9.13 Å². The summed E-state index contributed by atoms with van der Waals surface area (Å²) >= 11 is 1.35. The Bertz CT molecular complexity index is 1270. The van der Waals surface area contributed by atoms with Crippen molar-refractivity contribution in [3.8, 4) is 0 Å². The molecule has 164 valence electrons. The molecule has 0 aliphatic heterocycles. The molecule has 0 aliphatic carbocycles.